The van der Waals surface area contributed by atoms with Gasteiger partial charge in [-0.15, -0.1) is 0 Å². The number of nitriles is 1. The van der Waals surface area contributed by atoms with Gasteiger partial charge in [-0.1, -0.05) is 18.2 Å². The van der Waals surface area contributed by atoms with Crippen LogP contribution in [-0.4, -0.2) is 29.0 Å². The molecule has 0 spiro atoms. The van der Waals surface area contributed by atoms with Gasteiger partial charge in [-0.25, -0.2) is 4.79 Å². The first-order valence-corrected chi connectivity index (χ1v) is 14.8. The van der Waals surface area contributed by atoms with E-state index in [1.54, 1.807) is 42.5 Å². The van der Waals surface area contributed by atoms with Crippen molar-refractivity contribution >= 4 is 12.0 Å². The molecule has 1 fully saturated rings. The second kappa shape index (κ2) is 13.0. The zero-order chi connectivity index (χ0) is 30.4. The van der Waals surface area contributed by atoms with Crippen molar-refractivity contribution in [1.29, 1.82) is 5.26 Å². The van der Waals surface area contributed by atoms with Crippen LogP contribution in [0.3, 0.4) is 0 Å². The SMILES string of the molecule is CC(C)(C)OC(=O)NCc1ccc(Oc2cc(Oc3ccc(C#N)cc3)cc(C(=O)N3CCCC4CCCC=C43)c2)cc1. The molecule has 2 aliphatic rings. The molecule has 8 nitrogen and oxygen atoms in total. The van der Waals surface area contributed by atoms with E-state index >= 15 is 0 Å². The van der Waals surface area contributed by atoms with Crippen LogP contribution in [0.4, 0.5) is 4.79 Å². The van der Waals surface area contributed by atoms with Crippen molar-refractivity contribution in [2.45, 2.75) is 65.0 Å². The number of benzene rings is 3. The van der Waals surface area contributed by atoms with Crippen molar-refractivity contribution in [1.82, 2.24) is 10.2 Å². The minimum absolute atomic E-state index is 0.0726. The maximum absolute atomic E-state index is 13.9. The van der Waals surface area contributed by atoms with Crippen molar-refractivity contribution in [2.75, 3.05) is 6.54 Å². The molecule has 1 aliphatic carbocycles. The van der Waals surface area contributed by atoms with E-state index in [2.05, 4.69) is 17.5 Å². The average Bonchev–Trinajstić information content (AvgIpc) is 2.99. The Hall–Kier alpha value is -4.77. The predicted molar refractivity (Wildman–Crippen MR) is 163 cm³/mol. The van der Waals surface area contributed by atoms with Gasteiger partial charge in [0.15, 0.2) is 0 Å². The first kappa shape index (κ1) is 29.7. The molecule has 0 saturated carbocycles. The molecule has 1 unspecified atom stereocenters. The maximum Gasteiger partial charge on any atom is 0.407 e. The number of hydrogen-bond donors (Lipinski definition) is 1. The molecular formula is C35H37N3O5. The van der Waals surface area contributed by atoms with Gasteiger partial charge in [0.2, 0.25) is 0 Å². The molecule has 1 aliphatic heterocycles. The quantitative estimate of drug-likeness (QED) is 0.304. The van der Waals surface area contributed by atoms with Crippen LogP contribution < -0.4 is 14.8 Å². The second-order valence-corrected chi connectivity index (χ2v) is 11.9. The van der Waals surface area contributed by atoms with Crippen molar-refractivity contribution in [3.8, 4) is 29.1 Å². The van der Waals surface area contributed by atoms with E-state index in [0.717, 1.165) is 43.4 Å². The van der Waals surface area contributed by atoms with Crippen LogP contribution in [0, 0.1) is 17.2 Å². The van der Waals surface area contributed by atoms with Gasteiger partial charge in [-0.2, -0.15) is 5.26 Å². The summed E-state index contributed by atoms with van der Waals surface area (Å²) in [7, 11) is 0. The standard InChI is InChI=1S/C35H37N3O5/c1-35(2,3)43-34(40)37-23-25-12-16-29(17-13-25)42-31-20-27(19-30(21-31)41-28-14-10-24(22-36)11-15-28)33(39)38-18-6-8-26-7-4-5-9-32(26)38/h9-17,19-21,26H,4-8,18,23H2,1-3H3,(H,37,40). The Morgan fingerprint density at radius 1 is 0.907 bits per heavy atom. The third-order valence-corrected chi connectivity index (χ3v) is 7.36. The van der Waals surface area contributed by atoms with Crippen molar-refractivity contribution < 1.29 is 23.8 Å². The number of likely N-dealkylation sites (tertiary alicyclic amines) is 1. The Morgan fingerprint density at radius 3 is 2.16 bits per heavy atom. The van der Waals surface area contributed by atoms with Crippen LogP contribution in [0.25, 0.3) is 0 Å². The monoisotopic (exact) mass is 579 g/mol. The van der Waals surface area contributed by atoms with Crippen molar-refractivity contribution in [2.24, 2.45) is 5.92 Å². The number of nitrogens with zero attached hydrogens (tertiary/aromatic N) is 2. The highest BCUT2D eigenvalue weighted by Crippen LogP contribution is 2.37. The fourth-order valence-electron chi connectivity index (χ4n) is 5.40. The molecule has 1 N–H and O–H groups in total. The lowest BCUT2D eigenvalue weighted by molar-refractivity contribution is 0.0523. The van der Waals surface area contributed by atoms with Gasteiger partial charge in [-0.3, -0.25) is 4.79 Å². The Balaban J connectivity index is 1.36. The van der Waals surface area contributed by atoms with Gasteiger partial charge in [0.05, 0.1) is 11.6 Å². The number of hydrogen-bond acceptors (Lipinski definition) is 6. The summed E-state index contributed by atoms with van der Waals surface area (Å²) in [5, 5.41) is 11.9. The normalized spacial score (nSPS) is 16.3. The van der Waals surface area contributed by atoms with Gasteiger partial charge in [0, 0.05) is 30.4 Å². The first-order chi connectivity index (χ1) is 20.7. The summed E-state index contributed by atoms with van der Waals surface area (Å²) in [6.07, 6.45) is 7.12. The molecule has 3 aromatic carbocycles. The van der Waals surface area contributed by atoms with Crippen LogP contribution in [0.5, 0.6) is 23.0 Å². The third kappa shape index (κ3) is 7.95. The molecular weight excluding hydrogens is 542 g/mol. The molecule has 0 aromatic heterocycles. The minimum Gasteiger partial charge on any atom is -0.457 e. The topological polar surface area (TPSA) is 101 Å². The van der Waals surface area contributed by atoms with E-state index < -0.39 is 11.7 Å². The molecule has 8 heteroatoms. The number of amides is 2. The summed E-state index contributed by atoms with van der Waals surface area (Å²) in [5.41, 5.74) is 2.46. The highest BCUT2D eigenvalue weighted by Gasteiger charge is 2.31. The molecule has 2 amide bonds. The summed E-state index contributed by atoms with van der Waals surface area (Å²) in [6.45, 7) is 6.46. The van der Waals surface area contributed by atoms with Gasteiger partial charge < -0.3 is 24.4 Å². The number of carbonyl (C=O) groups excluding carboxylic acids is 2. The first-order valence-electron chi connectivity index (χ1n) is 14.8. The Bertz CT molecular complexity index is 1530. The van der Waals surface area contributed by atoms with Gasteiger partial charge in [0.25, 0.3) is 5.91 Å². The molecule has 43 heavy (non-hydrogen) atoms. The van der Waals surface area contributed by atoms with Crippen molar-refractivity contribution in [3.63, 3.8) is 0 Å². The molecule has 1 atom stereocenters. The highest BCUT2D eigenvalue weighted by atomic mass is 16.6. The number of piperidine rings is 1. The lowest BCUT2D eigenvalue weighted by Crippen LogP contribution is -2.39. The number of nitrogens with one attached hydrogen (secondary N) is 1. The summed E-state index contributed by atoms with van der Waals surface area (Å²) in [6, 6.07) is 21.5. The number of alkyl carbamates (subject to hydrolysis) is 1. The summed E-state index contributed by atoms with van der Waals surface area (Å²) in [4.78, 5) is 27.8. The number of allylic oxidation sites excluding steroid dienone is 2. The zero-order valence-electron chi connectivity index (χ0n) is 24.9. The molecule has 222 valence electrons. The molecule has 3 aromatic rings. The lowest BCUT2D eigenvalue weighted by atomic mass is 9.84. The van der Waals surface area contributed by atoms with Gasteiger partial charge in [-0.05, 0) is 113 Å². The summed E-state index contributed by atoms with van der Waals surface area (Å²) >= 11 is 0. The van der Waals surface area contributed by atoms with E-state index in [-0.39, 0.29) is 5.91 Å². The lowest BCUT2D eigenvalue weighted by Gasteiger charge is -2.38. The van der Waals surface area contributed by atoms with E-state index in [1.807, 2.05) is 49.9 Å². The maximum atomic E-state index is 13.9. The van der Waals surface area contributed by atoms with Crippen LogP contribution in [-0.2, 0) is 11.3 Å². The number of fused-ring (bicyclic) bond motifs is 1. The molecule has 0 bridgehead atoms. The molecule has 1 heterocycles. The Labute approximate surface area is 252 Å². The van der Waals surface area contributed by atoms with Crippen LogP contribution in [0.2, 0.25) is 0 Å². The number of ether oxygens (including phenoxy) is 3. The second-order valence-electron chi connectivity index (χ2n) is 11.9. The predicted octanol–water partition coefficient (Wildman–Crippen LogP) is 8.09. The van der Waals surface area contributed by atoms with Gasteiger partial charge >= 0.3 is 6.09 Å². The van der Waals surface area contributed by atoms with Crippen LogP contribution in [0.1, 0.15) is 74.4 Å². The smallest absolute Gasteiger partial charge is 0.407 e. The fourth-order valence-corrected chi connectivity index (χ4v) is 5.40. The molecule has 0 radical (unpaired) electrons. The largest absolute Gasteiger partial charge is 0.457 e. The molecule has 5 rings (SSSR count). The number of carbonyl (C=O) groups is 2. The summed E-state index contributed by atoms with van der Waals surface area (Å²) in [5.74, 6) is 2.39. The minimum atomic E-state index is -0.566. The van der Waals surface area contributed by atoms with E-state index in [0.29, 0.717) is 53.1 Å². The van der Waals surface area contributed by atoms with Crippen LogP contribution in [0.15, 0.2) is 78.5 Å². The van der Waals surface area contributed by atoms with E-state index in [9.17, 15) is 9.59 Å². The van der Waals surface area contributed by atoms with E-state index in [1.165, 1.54) is 0 Å². The third-order valence-electron chi connectivity index (χ3n) is 7.36. The highest BCUT2D eigenvalue weighted by molar-refractivity contribution is 5.96. The molecule has 1 saturated heterocycles. The van der Waals surface area contributed by atoms with Gasteiger partial charge in [0.1, 0.15) is 28.6 Å². The van der Waals surface area contributed by atoms with E-state index in [4.69, 9.17) is 19.5 Å². The fraction of sp³-hybridized carbons (Fsp3) is 0.343. The van der Waals surface area contributed by atoms with Crippen molar-refractivity contribution in [3.05, 3.63) is 95.2 Å². The Morgan fingerprint density at radius 2 is 1.53 bits per heavy atom. The number of rotatable bonds is 7. The zero-order valence-corrected chi connectivity index (χ0v) is 24.9. The summed E-state index contributed by atoms with van der Waals surface area (Å²) < 4.78 is 17.6. The average molecular weight is 580 g/mol. The van der Waals surface area contributed by atoms with Crippen LogP contribution >= 0.6 is 0 Å². The Kier molecular flexibility index (Phi) is 9.01.